The fraction of sp³-hybridized carbons (Fsp3) is 0.643. The van der Waals surface area contributed by atoms with E-state index in [9.17, 15) is 14.4 Å². The molecule has 1 fully saturated rings. The monoisotopic (exact) mass is 282 g/mol. The molecule has 6 heteroatoms. The number of imide groups is 2. The van der Waals surface area contributed by atoms with Crippen LogP contribution in [0, 0.1) is 5.41 Å². The Kier molecular flexibility index (Phi) is 5.44. The Morgan fingerprint density at radius 2 is 1.90 bits per heavy atom. The Labute approximate surface area is 119 Å². The van der Waals surface area contributed by atoms with Crippen molar-refractivity contribution in [2.24, 2.45) is 5.41 Å². The highest BCUT2D eigenvalue weighted by molar-refractivity contribution is 6.19. The summed E-state index contributed by atoms with van der Waals surface area (Å²) in [5.41, 5.74) is -0.270. The highest BCUT2D eigenvalue weighted by Gasteiger charge is 2.51. The first kappa shape index (κ1) is 16.4. The number of nitrogens with one attached hydrogen (secondary N) is 1. The van der Waals surface area contributed by atoms with E-state index in [2.05, 4.69) is 11.9 Å². The van der Waals surface area contributed by atoms with Gasteiger partial charge in [-0.3, -0.25) is 19.8 Å². The number of hydrogen-bond donors (Lipinski definition) is 1. The summed E-state index contributed by atoms with van der Waals surface area (Å²) in [6, 6.07) is -0.670. The lowest BCUT2D eigenvalue weighted by Crippen LogP contribution is -2.64. The normalized spacial score (nSPS) is 18.1. The molecule has 0 bridgehead atoms. The molecule has 4 amide bonds. The molecule has 1 heterocycles. The lowest BCUT2D eigenvalue weighted by atomic mass is 9.78. The second-order valence-corrected chi connectivity index (χ2v) is 5.01. The third-order valence-electron chi connectivity index (χ3n) is 3.57. The maximum atomic E-state index is 12.4. The third-order valence-corrected chi connectivity index (χ3v) is 3.57. The highest BCUT2D eigenvalue weighted by atomic mass is 16.5. The van der Waals surface area contributed by atoms with Gasteiger partial charge in [-0.25, -0.2) is 4.79 Å². The van der Waals surface area contributed by atoms with Gasteiger partial charge in [0.05, 0.1) is 19.8 Å². The molecule has 0 saturated carbocycles. The zero-order valence-corrected chi connectivity index (χ0v) is 12.3. The lowest BCUT2D eigenvalue weighted by molar-refractivity contribution is -0.152. The minimum atomic E-state index is -1.14. The van der Waals surface area contributed by atoms with Crippen molar-refractivity contribution in [2.45, 2.75) is 33.6 Å². The Balaban J connectivity index is 2.75. The molecule has 1 N–H and O–H groups in total. The Hall–Kier alpha value is -1.69. The van der Waals surface area contributed by atoms with Gasteiger partial charge in [0.15, 0.2) is 0 Å². The van der Waals surface area contributed by atoms with E-state index in [0.717, 1.165) is 10.5 Å². The third kappa shape index (κ3) is 3.07. The van der Waals surface area contributed by atoms with Crippen LogP contribution in [0.3, 0.4) is 0 Å². The average molecular weight is 282 g/mol. The topological polar surface area (TPSA) is 75.7 Å². The smallest absolute Gasteiger partial charge is 0.330 e. The van der Waals surface area contributed by atoms with Crippen LogP contribution < -0.4 is 5.32 Å². The fourth-order valence-corrected chi connectivity index (χ4v) is 2.21. The number of carbonyl (C=O) groups is 3. The first-order valence-corrected chi connectivity index (χ1v) is 6.78. The molecule has 1 saturated heterocycles. The van der Waals surface area contributed by atoms with Gasteiger partial charge in [-0.15, -0.1) is 0 Å². The van der Waals surface area contributed by atoms with Crippen LogP contribution in [0.25, 0.3) is 0 Å². The highest BCUT2D eigenvalue weighted by Crippen LogP contribution is 2.32. The molecule has 6 nitrogen and oxygen atoms in total. The molecule has 0 spiro atoms. The maximum Gasteiger partial charge on any atom is 0.330 e. The molecule has 0 atom stereocenters. The van der Waals surface area contributed by atoms with Crippen molar-refractivity contribution in [1.29, 1.82) is 0 Å². The van der Waals surface area contributed by atoms with E-state index >= 15 is 0 Å². The minimum absolute atomic E-state index is 0.132. The zero-order chi connectivity index (χ0) is 15.3. The standard InChI is InChI=1S/C14H22N2O4/c1-5-14(6-2)11(17)15-13(19)16(12(14)18)7-8-20-9-10(3)4/h3,5-9H2,1-2,4H3,(H,15,17,19). The predicted molar refractivity (Wildman–Crippen MR) is 73.9 cm³/mol. The van der Waals surface area contributed by atoms with E-state index in [1.807, 2.05) is 6.92 Å². The number of hydrogen-bond acceptors (Lipinski definition) is 4. The minimum Gasteiger partial charge on any atom is -0.375 e. The van der Waals surface area contributed by atoms with Crippen LogP contribution >= 0.6 is 0 Å². The fourth-order valence-electron chi connectivity index (χ4n) is 2.21. The molecule has 0 aromatic heterocycles. The van der Waals surface area contributed by atoms with Crippen molar-refractivity contribution in [3.8, 4) is 0 Å². The van der Waals surface area contributed by atoms with E-state index in [4.69, 9.17) is 4.74 Å². The molecular formula is C14H22N2O4. The van der Waals surface area contributed by atoms with Gasteiger partial charge in [0.2, 0.25) is 11.8 Å². The molecule has 0 unspecified atom stereocenters. The van der Waals surface area contributed by atoms with E-state index in [1.54, 1.807) is 13.8 Å². The second kappa shape index (κ2) is 6.65. The number of nitrogens with zero attached hydrogens (tertiary/aromatic N) is 1. The Morgan fingerprint density at radius 3 is 2.40 bits per heavy atom. The van der Waals surface area contributed by atoms with Crippen LogP contribution in [0.5, 0.6) is 0 Å². The molecular weight excluding hydrogens is 260 g/mol. The molecule has 0 aliphatic carbocycles. The average Bonchev–Trinajstić information content (AvgIpc) is 2.38. The largest absolute Gasteiger partial charge is 0.375 e. The molecule has 1 rings (SSSR count). The molecule has 1 aliphatic heterocycles. The summed E-state index contributed by atoms with van der Waals surface area (Å²) >= 11 is 0. The van der Waals surface area contributed by atoms with Crippen LogP contribution in [0.4, 0.5) is 4.79 Å². The van der Waals surface area contributed by atoms with Gasteiger partial charge >= 0.3 is 6.03 Å². The summed E-state index contributed by atoms with van der Waals surface area (Å²) in [5, 5.41) is 2.26. The van der Waals surface area contributed by atoms with Crippen LogP contribution in [-0.4, -0.2) is 42.5 Å². The number of ether oxygens (including phenoxy) is 1. The van der Waals surface area contributed by atoms with E-state index < -0.39 is 23.3 Å². The molecule has 1 aliphatic rings. The summed E-state index contributed by atoms with van der Waals surface area (Å²) in [7, 11) is 0. The van der Waals surface area contributed by atoms with Crippen LogP contribution in [0.15, 0.2) is 12.2 Å². The van der Waals surface area contributed by atoms with Gasteiger partial charge < -0.3 is 4.74 Å². The summed E-state index contributed by atoms with van der Waals surface area (Å²) in [6.07, 6.45) is 0.731. The number of barbiturate groups is 1. The van der Waals surface area contributed by atoms with Crippen molar-refractivity contribution in [1.82, 2.24) is 10.2 Å². The molecule has 0 aromatic carbocycles. The van der Waals surface area contributed by atoms with Gasteiger partial charge in [-0.05, 0) is 19.8 Å². The van der Waals surface area contributed by atoms with Gasteiger partial charge in [0, 0.05) is 0 Å². The SMILES string of the molecule is C=C(C)COCCN1C(=O)NC(=O)C(CC)(CC)C1=O. The molecule has 0 radical (unpaired) electrons. The van der Waals surface area contributed by atoms with Crippen LogP contribution in [0.2, 0.25) is 0 Å². The Bertz CT molecular complexity index is 427. The van der Waals surface area contributed by atoms with Crippen molar-refractivity contribution in [3.63, 3.8) is 0 Å². The molecule has 20 heavy (non-hydrogen) atoms. The first-order valence-electron chi connectivity index (χ1n) is 6.78. The van der Waals surface area contributed by atoms with Crippen LogP contribution in [0.1, 0.15) is 33.6 Å². The van der Waals surface area contributed by atoms with Crippen molar-refractivity contribution < 1.29 is 19.1 Å². The van der Waals surface area contributed by atoms with E-state index in [-0.39, 0.29) is 13.2 Å². The number of rotatable bonds is 7. The number of carbonyl (C=O) groups excluding carboxylic acids is 3. The Morgan fingerprint density at radius 1 is 1.30 bits per heavy atom. The number of urea groups is 1. The van der Waals surface area contributed by atoms with Crippen molar-refractivity contribution in [2.75, 3.05) is 19.8 Å². The maximum absolute atomic E-state index is 12.4. The van der Waals surface area contributed by atoms with Gasteiger partial charge in [0.1, 0.15) is 5.41 Å². The van der Waals surface area contributed by atoms with Gasteiger partial charge in [-0.2, -0.15) is 0 Å². The van der Waals surface area contributed by atoms with E-state index in [0.29, 0.717) is 19.4 Å². The molecule has 0 aromatic rings. The molecule has 112 valence electrons. The van der Waals surface area contributed by atoms with Crippen molar-refractivity contribution in [3.05, 3.63) is 12.2 Å². The zero-order valence-electron chi connectivity index (χ0n) is 12.3. The lowest BCUT2D eigenvalue weighted by Gasteiger charge is -2.38. The summed E-state index contributed by atoms with van der Waals surface area (Å²) in [6.45, 7) is 9.81. The number of amides is 4. The van der Waals surface area contributed by atoms with Gasteiger partial charge in [0.25, 0.3) is 0 Å². The van der Waals surface area contributed by atoms with Crippen molar-refractivity contribution >= 4 is 17.8 Å². The second-order valence-electron chi connectivity index (χ2n) is 5.01. The summed E-state index contributed by atoms with van der Waals surface area (Å²) in [5.74, 6) is -0.938. The summed E-state index contributed by atoms with van der Waals surface area (Å²) in [4.78, 5) is 37.2. The van der Waals surface area contributed by atoms with Crippen LogP contribution in [-0.2, 0) is 14.3 Å². The van der Waals surface area contributed by atoms with E-state index in [1.165, 1.54) is 0 Å². The quantitative estimate of drug-likeness (QED) is 0.436. The summed E-state index contributed by atoms with van der Waals surface area (Å²) < 4.78 is 5.30. The first-order chi connectivity index (χ1) is 9.39. The predicted octanol–water partition coefficient (Wildman–Crippen LogP) is 1.46. The van der Waals surface area contributed by atoms with Gasteiger partial charge in [-0.1, -0.05) is 26.0 Å².